The van der Waals surface area contributed by atoms with Crippen LogP contribution in [0, 0.1) is 17.8 Å². The predicted octanol–water partition coefficient (Wildman–Crippen LogP) is 24.1. The zero-order chi connectivity index (χ0) is 73.7. The van der Waals surface area contributed by atoms with Crippen LogP contribution in [0.2, 0.25) is 0 Å². The summed E-state index contributed by atoms with van der Waals surface area (Å²) in [5.41, 5.74) is 0. The van der Waals surface area contributed by atoms with Gasteiger partial charge in [-0.1, -0.05) is 370 Å². The van der Waals surface area contributed by atoms with Gasteiger partial charge in [0.15, 0.2) is 12.2 Å². The van der Waals surface area contributed by atoms with Gasteiger partial charge in [0.25, 0.3) is 0 Å². The average Bonchev–Trinajstić information content (AvgIpc) is 0.914. The molecule has 594 valence electrons. The Balaban J connectivity index is 5.20. The molecule has 0 aromatic heterocycles. The van der Waals surface area contributed by atoms with E-state index in [0.717, 1.165) is 108 Å². The van der Waals surface area contributed by atoms with Crippen LogP contribution in [0.4, 0.5) is 0 Å². The van der Waals surface area contributed by atoms with Crippen LogP contribution in [0.25, 0.3) is 0 Å². The minimum absolute atomic E-state index is 0.105. The first-order chi connectivity index (χ1) is 48.3. The van der Waals surface area contributed by atoms with E-state index in [1.165, 1.54) is 231 Å². The first kappa shape index (κ1) is 98.1. The van der Waals surface area contributed by atoms with Crippen LogP contribution in [0.15, 0.2) is 0 Å². The first-order valence-corrected chi connectivity index (χ1v) is 44.9. The first-order valence-electron chi connectivity index (χ1n) is 41.9. The molecule has 0 aliphatic heterocycles. The number of ether oxygens (including phenoxy) is 4. The van der Waals surface area contributed by atoms with Crippen LogP contribution in [0.5, 0.6) is 0 Å². The van der Waals surface area contributed by atoms with E-state index in [2.05, 4.69) is 48.5 Å². The highest BCUT2D eigenvalue weighted by Gasteiger charge is 2.30. The topological polar surface area (TPSA) is 237 Å². The molecule has 0 saturated heterocycles. The van der Waals surface area contributed by atoms with Crippen LogP contribution >= 0.6 is 15.6 Å². The van der Waals surface area contributed by atoms with E-state index in [9.17, 15) is 43.2 Å². The largest absolute Gasteiger partial charge is 0.472 e. The third-order valence-electron chi connectivity index (χ3n) is 19.2. The molecule has 0 fully saturated rings. The lowest BCUT2D eigenvalue weighted by Gasteiger charge is -2.21. The molecule has 3 N–H and O–H groups in total. The number of unbranched alkanes of at least 4 members (excludes halogenated alkanes) is 46. The molecule has 0 spiro atoms. The summed E-state index contributed by atoms with van der Waals surface area (Å²) in [5, 5.41) is 10.6. The van der Waals surface area contributed by atoms with Gasteiger partial charge in [-0.05, 0) is 43.4 Å². The van der Waals surface area contributed by atoms with Crippen LogP contribution in [-0.2, 0) is 65.4 Å². The van der Waals surface area contributed by atoms with Crippen molar-refractivity contribution in [3.8, 4) is 0 Å². The van der Waals surface area contributed by atoms with Gasteiger partial charge in [0.2, 0.25) is 0 Å². The summed E-state index contributed by atoms with van der Waals surface area (Å²) in [7, 11) is -9.92. The second kappa shape index (κ2) is 71.3. The van der Waals surface area contributed by atoms with E-state index >= 15 is 0 Å². The minimum atomic E-state index is -4.96. The van der Waals surface area contributed by atoms with Crippen molar-refractivity contribution in [3.05, 3.63) is 0 Å². The van der Waals surface area contributed by atoms with Crippen molar-refractivity contribution >= 4 is 39.5 Å². The number of phosphoric ester groups is 2. The molecule has 3 unspecified atom stereocenters. The molecule has 0 bridgehead atoms. The molecule has 100 heavy (non-hydrogen) atoms. The number of phosphoric acid groups is 2. The standard InChI is InChI=1S/C81H158O17P2/c1-8-10-11-12-13-31-41-48-55-62-78(83)91-68-76(98-81(86)65-58-51-44-37-30-33-39-46-53-60-73(5)6)70-95-99(87,88)93-66-75(82)67-94-100(89,90)96-71-77(69-92-79(84)63-56-49-42-35-28-24-21-20-22-26-32-38-45-52-59-72(3)4)97-80(85)64-57-50-43-36-29-25-19-17-15-14-16-18-23-27-34-40-47-54-61-74(7)9-2/h72-77,82H,8-71H2,1-7H3,(H,87,88)(H,89,90)/t74?,75-,76+,77+/m0/s1. The van der Waals surface area contributed by atoms with E-state index in [0.29, 0.717) is 25.7 Å². The van der Waals surface area contributed by atoms with E-state index in [-0.39, 0.29) is 25.7 Å². The van der Waals surface area contributed by atoms with Gasteiger partial charge in [-0.25, -0.2) is 9.13 Å². The van der Waals surface area contributed by atoms with Crippen molar-refractivity contribution in [3.63, 3.8) is 0 Å². The maximum atomic E-state index is 13.1. The van der Waals surface area contributed by atoms with Crippen molar-refractivity contribution in [1.82, 2.24) is 0 Å². The normalized spacial score (nSPS) is 14.2. The SMILES string of the molecule is CCCCCCCCCCCC(=O)OC[C@H](COP(=O)(O)OC[C@H](O)COP(=O)(O)OC[C@@H](COC(=O)CCCCCCCCCCCCCCCCC(C)C)OC(=O)CCCCCCCCCCCCCCCCCCCCC(C)CC)OC(=O)CCCCCCCCCCCC(C)C. The Morgan fingerprint density at radius 1 is 0.290 bits per heavy atom. The predicted molar refractivity (Wildman–Crippen MR) is 409 cm³/mol. The van der Waals surface area contributed by atoms with Crippen LogP contribution in [0.1, 0.15) is 421 Å². The molecule has 0 aromatic rings. The zero-order valence-electron chi connectivity index (χ0n) is 65.7. The van der Waals surface area contributed by atoms with E-state index < -0.39 is 97.5 Å². The Labute approximate surface area is 613 Å². The Kier molecular flexibility index (Phi) is 69.9. The Hall–Kier alpha value is -1.94. The van der Waals surface area contributed by atoms with Gasteiger partial charge >= 0.3 is 39.5 Å². The quantitative estimate of drug-likeness (QED) is 0.0222. The highest BCUT2D eigenvalue weighted by Crippen LogP contribution is 2.45. The average molecular weight is 1470 g/mol. The summed E-state index contributed by atoms with van der Waals surface area (Å²) in [6, 6.07) is 0. The summed E-state index contributed by atoms with van der Waals surface area (Å²) in [6.45, 7) is 12.0. The summed E-state index contributed by atoms with van der Waals surface area (Å²) in [6.07, 6.45) is 59.7. The number of aliphatic hydroxyl groups is 1. The van der Waals surface area contributed by atoms with E-state index in [1.807, 2.05) is 0 Å². The second-order valence-corrected chi connectivity index (χ2v) is 33.3. The minimum Gasteiger partial charge on any atom is -0.462 e. The van der Waals surface area contributed by atoms with Crippen LogP contribution in [-0.4, -0.2) is 96.7 Å². The summed E-state index contributed by atoms with van der Waals surface area (Å²) < 4.78 is 68.6. The van der Waals surface area contributed by atoms with Crippen molar-refractivity contribution < 1.29 is 80.2 Å². The van der Waals surface area contributed by atoms with Crippen LogP contribution in [0.3, 0.4) is 0 Å². The number of carbonyl (C=O) groups is 4. The number of hydrogen-bond donors (Lipinski definition) is 3. The molecular weight excluding hydrogens is 1310 g/mol. The molecule has 0 aliphatic rings. The highest BCUT2D eigenvalue weighted by atomic mass is 31.2. The van der Waals surface area contributed by atoms with Gasteiger partial charge in [0, 0.05) is 25.7 Å². The molecule has 19 heteroatoms. The molecular formula is C81H158O17P2. The number of esters is 4. The molecule has 0 amide bonds. The summed E-state index contributed by atoms with van der Waals surface area (Å²) in [4.78, 5) is 72.9. The van der Waals surface area contributed by atoms with Crippen molar-refractivity contribution in [2.75, 3.05) is 39.6 Å². The monoisotopic (exact) mass is 1470 g/mol. The van der Waals surface area contributed by atoms with Gasteiger partial charge in [-0.2, -0.15) is 0 Å². The van der Waals surface area contributed by atoms with Gasteiger partial charge in [-0.15, -0.1) is 0 Å². The summed E-state index contributed by atoms with van der Waals surface area (Å²) in [5.74, 6) is 0.294. The zero-order valence-corrected chi connectivity index (χ0v) is 67.5. The van der Waals surface area contributed by atoms with Gasteiger partial charge < -0.3 is 33.8 Å². The van der Waals surface area contributed by atoms with Crippen molar-refractivity contribution in [1.29, 1.82) is 0 Å². The molecule has 0 radical (unpaired) electrons. The Bertz CT molecular complexity index is 1940. The molecule has 0 saturated carbocycles. The van der Waals surface area contributed by atoms with E-state index in [1.54, 1.807) is 0 Å². The lowest BCUT2D eigenvalue weighted by Crippen LogP contribution is -2.30. The van der Waals surface area contributed by atoms with E-state index in [4.69, 9.17) is 37.0 Å². The van der Waals surface area contributed by atoms with Gasteiger partial charge in [-0.3, -0.25) is 37.3 Å². The summed E-state index contributed by atoms with van der Waals surface area (Å²) >= 11 is 0. The third kappa shape index (κ3) is 73.0. The van der Waals surface area contributed by atoms with Gasteiger partial charge in [0.05, 0.1) is 26.4 Å². The van der Waals surface area contributed by atoms with Crippen molar-refractivity contribution in [2.45, 2.75) is 439 Å². The second-order valence-electron chi connectivity index (χ2n) is 30.4. The number of carbonyl (C=O) groups excluding carboxylic acids is 4. The maximum absolute atomic E-state index is 13.1. The molecule has 17 nitrogen and oxygen atoms in total. The van der Waals surface area contributed by atoms with Crippen molar-refractivity contribution in [2.24, 2.45) is 17.8 Å². The lowest BCUT2D eigenvalue weighted by molar-refractivity contribution is -0.161. The fourth-order valence-corrected chi connectivity index (χ4v) is 14.0. The maximum Gasteiger partial charge on any atom is 0.472 e. The highest BCUT2D eigenvalue weighted by molar-refractivity contribution is 7.47. The molecule has 6 atom stereocenters. The number of aliphatic hydroxyl groups excluding tert-OH is 1. The number of hydrogen-bond acceptors (Lipinski definition) is 15. The van der Waals surface area contributed by atoms with Crippen LogP contribution < -0.4 is 0 Å². The molecule has 0 aromatic carbocycles. The lowest BCUT2D eigenvalue weighted by atomic mass is 9.99. The third-order valence-corrected chi connectivity index (χ3v) is 21.1. The molecule has 0 rings (SSSR count). The Morgan fingerprint density at radius 3 is 0.760 bits per heavy atom. The fourth-order valence-electron chi connectivity index (χ4n) is 12.5. The Morgan fingerprint density at radius 2 is 0.510 bits per heavy atom. The molecule has 0 aliphatic carbocycles. The fraction of sp³-hybridized carbons (Fsp3) is 0.951. The molecule has 0 heterocycles. The number of rotatable bonds is 79. The smallest absolute Gasteiger partial charge is 0.462 e. The van der Waals surface area contributed by atoms with Gasteiger partial charge in [0.1, 0.15) is 19.3 Å².